The number of likely N-dealkylation sites (tertiary alicyclic amines) is 2. The first-order valence-electron chi connectivity index (χ1n) is 9.64. The Hall–Kier alpha value is -1.39. The summed E-state index contributed by atoms with van der Waals surface area (Å²) in [6.07, 6.45) is 3.35. The molecule has 1 aromatic carbocycles. The maximum Gasteiger partial charge on any atom is 0.310 e. The number of benzene rings is 1. The summed E-state index contributed by atoms with van der Waals surface area (Å²) in [4.78, 5) is 17.4. The number of hydrogen-bond acceptors (Lipinski definition) is 4. The SMILES string of the molecule is CC(C)(C)OC(=O)C1CCN(C2CCN(Cc3ccccc3)CC2)C1. The normalized spacial score (nSPS) is 23.7. The van der Waals surface area contributed by atoms with Crippen molar-refractivity contribution < 1.29 is 9.53 Å². The Morgan fingerprint density at radius 2 is 1.76 bits per heavy atom. The molecule has 3 rings (SSSR count). The quantitative estimate of drug-likeness (QED) is 0.785. The highest BCUT2D eigenvalue weighted by molar-refractivity contribution is 5.73. The predicted octanol–water partition coefficient (Wildman–Crippen LogP) is 3.31. The summed E-state index contributed by atoms with van der Waals surface area (Å²) in [5, 5.41) is 0. The minimum Gasteiger partial charge on any atom is -0.460 e. The molecule has 0 amide bonds. The monoisotopic (exact) mass is 344 g/mol. The lowest BCUT2D eigenvalue weighted by Crippen LogP contribution is -2.44. The van der Waals surface area contributed by atoms with Gasteiger partial charge in [0.25, 0.3) is 0 Å². The zero-order valence-corrected chi connectivity index (χ0v) is 15.9. The first kappa shape index (κ1) is 18.4. The summed E-state index contributed by atoms with van der Waals surface area (Å²) in [5.74, 6) is 0.0399. The smallest absolute Gasteiger partial charge is 0.310 e. The van der Waals surface area contributed by atoms with Crippen molar-refractivity contribution in [1.82, 2.24) is 9.80 Å². The second kappa shape index (κ2) is 7.88. The van der Waals surface area contributed by atoms with Gasteiger partial charge in [0.2, 0.25) is 0 Å². The van der Waals surface area contributed by atoms with Crippen molar-refractivity contribution in [3.63, 3.8) is 0 Å². The van der Waals surface area contributed by atoms with Gasteiger partial charge in [-0.2, -0.15) is 0 Å². The minimum absolute atomic E-state index is 0.0171. The van der Waals surface area contributed by atoms with Crippen molar-refractivity contribution >= 4 is 5.97 Å². The average Bonchev–Trinajstić information content (AvgIpc) is 3.05. The topological polar surface area (TPSA) is 32.8 Å². The lowest BCUT2D eigenvalue weighted by Gasteiger charge is -2.36. The fourth-order valence-electron chi connectivity index (χ4n) is 3.98. The Balaban J connectivity index is 1.44. The van der Waals surface area contributed by atoms with E-state index in [1.165, 1.54) is 18.4 Å². The van der Waals surface area contributed by atoms with Gasteiger partial charge in [0.05, 0.1) is 5.92 Å². The summed E-state index contributed by atoms with van der Waals surface area (Å²) >= 11 is 0. The predicted molar refractivity (Wildman–Crippen MR) is 100 cm³/mol. The zero-order valence-electron chi connectivity index (χ0n) is 15.9. The zero-order chi connectivity index (χ0) is 17.9. The fraction of sp³-hybridized carbons (Fsp3) is 0.667. The van der Waals surface area contributed by atoms with Crippen LogP contribution < -0.4 is 0 Å². The van der Waals surface area contributed by atoms with Gasteiger partial charge in [-0.25, -0.2) is 0 Å². The standard InChI is InChI=1S/C21H32N2O2/c1-21(2,3)25-20(24)18-9-14-23(16-18)19-10-12-22(13-11-19)15-17-7-5-4-6-8-17/h4-8,18-19H,9-16H2,1-3H3. The lowest BCUT2D eigenvalue weighted by atomic mass is 10.0. The van der Waals surface area contributed by atoms with E-state index in [1.54, 1.807) is 0 Å². The van der Waals surface area contributed by atoms with Crippen LogP contribution in [-0.2, 0) is 16.1 Å². The van der Waals surface area contributed by atoms with Gasteiger partial charge in [-0.15, -0.1) is 0 Å². The molecule has 2 saturated heterocycles. The number of carbonyl (C=O) groups is 1. The molecule has 1 unspecified atom stereocenters. The lowest BCUT2D eigenvalue weighted by molar-refractivity contribution is -0.159. The molecule has 2 aliphatic heterocycles. The summed E-state index contributed by atoms with van der Waals surface area (Å²) in [6, 6.07) is 11.3. The van der Waals surface area contributed by atoms with Gasteiger partial charge in [0.15, 0.2) is 0 Å². The van der Waals surface area contributed by atoms with Gasteiger partial charge < -0.3 is 4.74 Å². The van der Waals surface area contributed by atoms with E-state index in [9.17, 15) is 4.79 Å². The van der Waals surface area contributed by atoms with Crippen molar-refractivity contribution in [3.8, 4) is 0 Å². The van der Waals surface area contributed by atoms with E-state index < -0.39 is 0 Å². The molecule has 25 heavy (non-hydrogen) atoms. The molecular formula is C21H32N2O2. The van der Waals surface area contributed by atoms with E-state index in [-0.39, 0.29) is 17.5 Å². The molecule has 2 heterocycles. The maximum atomic E-state index is 12.3. The third kappa shape index (κ3) is 5.29. The molecule has 138 valence electrons. The van der Waals surface area contributed by atoms with E-state index in [0.29, 0.717) is 6.04 Å². The number of ether oxygens (including phenoxy) is 1. The van der Waals surface area contributed by atoms with Crippen molar-refractivity contribution in [3.05, 3.63) is 35.9 Å². The Kier molecular flexibility index (Phi) is 5.80. The van der Waals surface area contributed by atoms with Crippen molar-refractivity contribution in [2.24, 2.45) is 5.92 Å². The van der Waals surface area contributed by atoms with Gasteiger partial charge >= 0.3 is 5.97 Å². The maximum absolute atomic E-state index is 12.3. The van der Waals surface area contributed by atoms with Gasteiger partial charge in [0.1, 0.15) is 5.60 Å². The highest BCUT2D eigenvalue weighted by Crippen LogP contribution is 2.26. The van der Waals surface area contributed by atoms with Crippen LogP contribution in [0.4, 0.5) is 0 Å². The molecule has 0 radical (unpaired) electrons. The highest BCUT2D eigenvalue weighted by atomic mass is 16.6. The summed E-state index contributed by atoms with van der Waals surface area (Å²) in [7, 11) is 0. The summed E-state index contributed by atoms with van der Waals surface area (Å²) < 4.78 is 5.57. The molecule has 1 aromatic rings. The largest absolute Gasteiger partial charge is 0.460 e. The van der Waals surface area contributed by atoms with Crippen LogP contribution >= 0.6 is 0 Å². The van der Waals surface area contributed by atoms with E-state index in [0.717, 1.165) is 39.1 Å². The third-order valence-corrected chi connectivity index (χ3v) is 5.28. The van der Waals surface area contributed by atoms with Crippen molar-refractivity contribution in [2.45, 2.75) is 58.2 Å². The van der Waals surface area contributed by atoms with E-state index in [2.05, 4.69) is 40.1 Å². The highest BCUT2D eigenvalue weighted by Gasteiger charge is 2.35. The number of esters is 1. The minimum atomic E-state index is -0.382. The molecule has 0 aliphatic carbocycles. The molecule has 0 bridgehead atoms. The molecule has 0 spiro atoms. The first-order valence-corrected chi connectivity index (χ1v) is 9.64. The number of rotatable bonds is 4. The van der Waals surface area contributed by atoms with Crippen LogP contribution in [0.15, 0.2) is 30.3 Å². The van der Waals surface area contributed by atoms with Gasteiger partial charge in [-0.3, -0.25) is 14.6 Å². The van der Waals surface area contributed by atoms with Gasteiger partial charge in [-0.1, -0.05) is 30.3 Å². The molecule has 0 saturated carbocycles. The molecule has 0 aromatic heterocycles. The van der Waals surface area contributed by atoms with Crippen LogP contribution in [0.3, 0.4) is 0 Å². The molecule has 1 atom stereocenters. The van der Waals surface area contributed by atoms with E-state index in [1.807, 2.05) is 20.8 Å². The van der Waals surface area contributed by atoms with Gasteiger partial charge in [-0.05, 0) is 65.2 Å². The first-order chi connectivity index (χ1) is 11.9. The number of hydrogen-bond donors (Lipinski definition) is 0. The molecule has 2 fully saturated rings. The second-order valence-corrected chi connectivity index (χ2v) is 8.51. The summed E-state index contributed by atoms with van der Waals surface area (Å²) in [5.41, 5.74) is 1.01. The Bertz CT molecular complexity index is 559. The van der Waals surface area contributed by atoms with Gasteiger partial charge in [0, 0.05) is 19.1 Å². The second-order valence-electron chi connectivity index (χ2n) is 8.51. The Morgan fingerprint density at radius 1 is 1.08 bits per heavy atom. The Labute approximate surface area is 152 Å². The molecule has 4 heteroatoms. The van der Waals surface area contributed by atoms with Crippen LogP contribution in [0, 0.1) is 5.92 Å². The third-order valence-electron chi connectivity index (χ3n) is 5.28. The van der Waals surface area contributed by atoms with Crippen molar-refractivity contribution in [1.29, 1.82) is 0 Å². The fourth-order valence-corrected chi connectivity index (χ4v) is 3.98. The van der Waals surface area contributed by atoms with Crippen molar-refractivity contribution in [2.75, 3.05) is 26.2 Å². The molecule has 4 nitrogen and oxygen atoms in total. The van der Waals surface area contributed by atoms with Crippen LogP contribution in [0.1, 0.15) is 45.6 Å². The summed E-state index contributed by atoms with van der Waals surface area (Å²) in [6.45, 7) is 11.1. The van der Waals surface area contributed by atoms with Crippen LogP contribution in [0.2, 0.25) is 0 Å². The van der Waals surface area contributed by atoms with E-state index >= 15 is 0 Å². The van der Waals surface area contributed by atoms with Crippen LogP contribution in [0.5, 0.6) is 0 Å². The Morgan fingerprint density at radius 3 is 2.40 bits per heavy atom. The number of carbonyl (C=O) groups excluding carboxylic acids is 1. The van der Waals surface area contributed by atoms with Crippen LogP contribution in [-0.4, -0.2) is 53.6 Å². The van der Waals surface area contributed by atoms with E-state index in [4.69, 9.17) is 4.74 Å². The number of piperidine rings is 1. The average molecular weight is 344 g/mol. The van der Waals surface area contributed by atoms with Crippen LogP contribution in [0.25, 0.3) is 0 Å². The number of nitrogens with zero attached hydrogens (tertiary/aromatic N) is 2. The molecule has 2 aliphatic rings. The molecular weight excluding hydrogens is 312 g/mol. The molecule has 0 N–H and O–H groups in total.